The van der Waals surface area contributed by atoms with Crippen LogP contribution in [0.25, 0.3) is 0 Å². The van der Waals surface area contributed by atoms with E-state index in [1.165, 1.54) is 0 Å². The Bertz CT molecular complexity index is 318. The van der Waals surface area contributed by atoms with Crippen molar-refractivity contribution in [2.75, 3.05) is 6.61 Å². The molecule has 0 spiro atoms. The molecular weight excluding hydrogens is 226 g/mol. The van der Waals surface area contributed by atoms with Crippen molar-refractivity contribution in [3.05, 3.63) is 23.8 Å². The van der Waals surface area contributed by atoms with E-state index in [1.54, 1.807) is 19.3 Å². The van der Waals surface area contributed by atoms with Gasteiger partial charge >= 0.3 is 0 Å². The predicted octanol–water partition coefficient (Wildman–Crippen LogP) is 0.874. The van der Waals surface area contributed by atoms with Gasteiger partial charge in [0.15, 0.2) is 17.2 Å². The molecule has 5 nitrogen and oxygen atoms in total. The first-order valence-electron chi connectivity index (χ1n) is 5.11. The van der Waals surface area contributed by atoms with Crippen molar-refractivity contribution in [1.82, 2.24) is 9.97 Å². The van der Waals surface area contributed by atoms with Crippen LogP contribution in [0.5, 0.6) is 0 Å². The van der Waals surface area contributed by atoms with Gasteiger partial charge in [-0.25, -0.2) is 9.97 Å². The zero-order valence-electron chi connectivity index (χ0n) is 9.71. The van der Waals surface area contributed by atoms with Gasteiger partial charge in [0.2, 0.25) is 0 Å². The number of hydrogen-bond acceptors (Lipinski definition) is 5. The summed E-state index contributed by atoms with van der Waals surface area (Å²) in [6, 6.07) is 0. The van der Waals surface area contributed by atoms with Crippen LogP contribution >= 0.6 is 0 Å². The Labute approximate surface area is 98.7 Å². The largest absolute Gasteiger partial charge is 0.598 e. The lowest BCUT2D eigenvalue weighted by Crippen LogP contribution is -2.33. The van der Waals surface area contributed by atoms with Crippen LogP contribution in [-0.2, 0) is 16.1 Å². The number of nitrogens with two attached hydrogens (primary N) is 1. The molecule has 3 atom stereocenters. The van der Waals surface area contributed by atoms with E-state index in [0.29, 0.717) is 12.4 Å². The van der Waals surface area contributed by atoms with E-state index >= 15 is 0 Å². The highest BCUT2D eigenvalue weighted by atomic mass is 32.2. The summed E-state index contributed by atoms with van der Waals surface area (Å²) >= 11 is -1.45. The van der Waals surface area contributed by atoms with Crippen molar-refractivity contribution in [1.29, 1.82) is 0 Å². The number of aryl methyl sites for hydroxylation is 1. The number of aromatic nitrogens is 2. The molecule has 0 aliphatic heterocycles. The Morgan fingerprint density at radius 1 is 1.50 bits per heavy atom. The first-order chi connectivity index (χ1) is 7.56. The van der Waals surface area contributed by atoms with E-state index in [1.807, 2.05) is 13.8 Å². The van der Waals surface area contributed by atoms with Crippen molar-refractivity contribution >= 4 is 11.4 Å². The fraction of sp³-hybridized carbons (Fsp3) is 0.600. The highest BCUT2D eigenvalue weighted by Gasteiger charge is 2.30. The molecule has 0 saturated carbocycles. The summed E-state index contributed by atoms with van der Waals surface area (Å²) in [4.78, 5) is 8.35. The van der Waals surface area contributed by atoms with Crippen LogP contribution in [0.2, 0.25) is 0 Å². The topological polar surface area (TPSA) is 84.1 Å². The predicted molar refractivity (Wildman–Crippen MR) is 62.9 cm³/mol. The summed E-state index contributed by atoms with van der Waals surface area (Å²) in [5.41, 5.74) is 0.973. The van der Waals surface area contributed by atoms with Crippen molar-refractivity contribution < 1.29 is 9.29 Å². The Balaban J connectivity index is 2.88. The van der Waals surface area contributed by atoms with Crippen LogP contribution in [-0.4, -0.2) is 26.4 Å². The van der Waals surface area contributed by atoms with Gasteiger partial charge in [-0.1, -0.05) is 0 Å². The minimum Gasteiger partial charge on any atom is -0.598 e. The summed E-state index contributed by atoms with van der Waals surface area (Å²) in [7, 11) is 0. The molecular formula is C10H17N3O2S. The van der Waals surface area contributed by atoms with Crippen molar-refractivity contribution in [2.24, 2.45) is 5.14 Å². The number of hydrogen-bond donors (Lipinski definition) is 1. The molecule has 6 heteroatoms. The lowest BCUT2D eigenvalue weighted by atomic mass is 10.2. The first-order valence-corrected chi connectivity index (χ1v) is 6.39. The van der Waals surface area contributed by atoms with Crippen molar-refractivity contribution in [3.63, 3.8) is 0 Å². The van der Waals surface area contributed by atoms with Gasteiger partial charge in [-0.15, -0.1) is 0 Å². The minimum absolute atomic E-state index is 0.331. The standard InChI is InChI=1S/C10H17N3O2S/c1-4-15-9(8(3)16(11)14)10-12-5-7(2)6-13-10/h5-6,8-9H,4,11H2,1-3H3/t8-,9-,16?/m1/s1. The molecule has 1 unspecified atom stereocenters. The van der Waals surface area contributed by atoms with E-state index in [0.717, 1.165) is 5.56 Å². The third-order valence-electron chi connectivity index (χ3n) is 2.19. The average Bonchev–Trinajstić information content (AvgIpc) is 2.26. The highest BCUT2D eigenvalue weighted by molar-refractivity contribution is 7.89. The third kappa shape index (κ3) is 3.41. The molecule has 90 valence electrons. The summed E-state index contributed by atoms with van der Waals surface area (Å²) in [5.74, 6) is 0.527. The maximum atomic E-state index is 11.3. The van der Waals surface area contributed by atoms with Gasteiger partial charge in [0, 0.05) is 30.4 Å². The second kappa shape index (κ2) is 6.15. The van der Waals surface area contributed by atoms with Crippen molar-refractivity contribution in [2.45, 2.75) is 32.1 Å². The van der Waals surface area contributed by atoms with Crippen LogP contribution in [0.4, 0.5) is 0 Å². The molecule has 0 radical (unpaired) electrons. The highest BCUT2D eigenvalue weighted by Crippen LogP contribution is 2.21. The fourth-order valence-electron chi connectivity index (χ4n) is 1.27. The molecule has 2 N–H and O–H groups in total. The van der Waals surface area contributed by atoms with Crippen LogP contribution < -0.4 is 5.14 Å². The van der Waals surface area contributed by atoms with Crippen molar-refractivity contribution in [3.8, 4) is 0 Å². The maximum Gasteiger partial charge on any atom is 0.166 e. The Morgan fingerprint density at radius 2 is 2.06 bits per heavy atom. The minimum atomic E-state index is -1.45. The van der Waals surface area contributed by atoms with E-state index in [4.69, 9.17) is 9.88 Å². The lowest BCUT2D eigenvalue weighted by Gasteiger charge is -2.21. The zero-order chi connectivity index (χ0) is 12.1. The molecule has 0 aliphatic rings. The van der Waals surface area contributed by atoms with Crippen LogP contribution in [0.1, 0.15) is 31.3 Å². The van der Waals surface area contributed by atoms with E-state index in [9.17, 15) is 4.55 Å². The Kier molecular flexibility index (Phi) is 5.14. The van der Waals surface area contributed by atoms with Gasteiger partial charge in [0.05, 0.1) is 0 Å². The third-order valence-corrected chi connectivity index (χ3v) is 3.17. The Morgan fingerprint density at radius 3 is 2.50 bits per heavy atom. The molecule has 0 fully saturated rings. The second-order valence-corrected chi connectivity index (χ2v) is 4.93. The van der Waals surface area contributed by atoms with Gasteiger partial charge < -0.3 is 9.29 Å². The molecule has 0 amide bonds. The quantitative estimate of drug-likeness (QED) is 0.776. The average molecular weight is 243 g/mol. The number of nitrogens with zero attached hydrogens (tertiary/aromatic N) is 2. The van der Waals surface area contributed by atoms with Gasteiger partial charge in [0.1, 0.15) is 0 Å². The molecule has 1 aromatic heterocycles. The smallest absolute Gasteiger partial charge is 0.166 e. The summed E-state index contributed by atoms with van der Waals surface area (Å²) in [6.07, 6.45) is 3.00. The maximum absolute atomic E-state index is 11.3. The van der Waals surface area contributed by atoms with Gasteiger partial charge in [-0.05, 0) is 26.3 Å². The van der Waals surface area contributed by atoms with Gasteiger partial charge in [-0.2, -0.15) is 5.14 Å². The molecule has 0 bridgehead atoms. The van der Waals surface area contributed by atoms with Gasteiger partial charge in [0.25, 0.3) is 0 Å². The normalized spacial score (nSPS) is 16.8. The lowest BCUT2D eigenvalue weighted by molar-refractivity contribution is 0.0556. The van der Waals surface area contributed by atoms with Crippen LogP contribution in [0, 0.1) is 6.92 Å². The molecule has 1 heterocycles. The second-order valence-electron chi connectivity index (χ2n) is 3.53. The molecule has 1 rings (SSSR count). The fourth-order valence-corrected chi connectivity index (χ4v) is 1.71. The van der Waals surface area contributed by atoms with E-state index in [-0.39, 0.29) is 5.25 Å². The van der Waals surface area contributed by atoms with Crippen LogP contribution in [0.15, 0.2) is 12.4 Å². The number of rotatable bonds is 5. The summed E-state index contributed by atoms with van der Waals surface area (Å²) < 4.78 is 16.7. The van der Waals surface area contributed by atoms with Gasteiger partial charge in [-0.3, -0.25) is 0 Å². The first kappa shape index (κ1) is 13.4. The summed E-state index contributed by atoms with van der Waals surface area (Å²) in [5, 5.41) is 5.04. The monoisotopic (exact) mass is 243 g/mol. The molecule has 0 aliphatic carbocycles. The molecule has 0 aromatic carbocycles. The molecule has 16 heavy (non-hydrogen) atoms. The van der Waals surface area contributed by atoms with Crippen LogP contribution in [0.3, 0.4) is 0 Å². The Hall–Kier alpha value is -0.690. The SMILES string of the molecule is CCO[C@@H](c1ncc(C)cn1)[C@@H](C)[S+](N)[O-]. The molecule has 0 saturated heterocycles. The molecule has 1 aromatic rings. The number of ether oxygens (including phenoxy) is 1. The van der Waals surface area contributed by atoms with E-state index < -0.39 is 17.5 Å². The zero-order valence-corrected chi connectivity index (χ0v) is 10.5. The summed E-state index contributed by atoms with van der Waals surface area (Å²) in [6.45, 7) is 6.04. The van der Waals surface area contributed by atoms with E-state index in [2.05, 4.69) is 9.97 Å².